The largest absolute Gasteiger partial charge is 0.293 e. The van der Waals surface area contributed by atoms with Crippen LogP contribution in [0.15, 0.2) is 18.3 Å². The van der Waals surface area contributed by atoms with Crippen LogP contribution in [0.3, 0.4) is 0 Å². The second kappa shape index (κ2) is 4.09. The van der Waals surface area contributed by atoms with Crippen molar-refractivity contribution in [2.45, 2.75) is 13.8 Å². The molecule has 0 atom stereocenters. The van der Waals surface area contributed by atoms with Crippen LogP contribution in [0.5, 0.6) is 0 Å². The molecule has 0 radical (unpaired) electrons. The number of aromatic nitrogens is 5. The molecule has 0 aliphatic carbocycles. The third-order valence-corrected chi connectivity index (χ3v) is 1.96. The number of aryl methyl sites for hydroxylation is 1. The lowest BCUT2D eigenvalue weighted by Gasteiger charge is -1.98. The molecule has 0 fully saturated rings. The first kappa shape index (κ1) is 10.3. The molecule has 0 spiro atoms. The maximum Gasteiger partial charge on any atom is 0.205 e. The summed E-state index contributed by atoms with van der Waals surface area (Å²) in [6.45, 7) is 3.17. The van der Waals surface area contributed by atoms with Crippen molar-refractivity contribution in [2.75, 3.05) is 0 Å². The van der Waals surface area contributed by atoms with Gasteiger partial charge in [0.2, 0.25) is 5.82 Å². The molecule has 16 heavy (non-hydrogen) atoms. The van der Waals surface area contributed by atoms with Crippen molar-refractivity contribution < 1.29 is 4.79 Å². The average Bonchev–Trinajstić information content (AvgIpc) is 2.30. The number of ketones is 1. The topological polar surface area (TPSA) is 81.5 Å². The van der Waals surface area contributed by atoms with Crippen molar-refractivity contribution in [1.82, 2.24) is 25.4 Å². The van der Waals surface area contributed by atoms with Crippen LogP contribution in [0.4, 0.5) is 0 Å². The Morgan fingerprint density at radius 2 is 1.81 bits per heavy atom. The van der Waals surface area contributed by atoms with Gasteiger partial charge in [-0.05, 0) is 19.1 Å². The average molecular weight is 215 g/mol. The standard InChI is InChI=1S/C10H9N5O/c1-6(16)9-4-3-8(5-11-9)10-14-12-7(2)13-15-10/h3-5H,1-2H3. The van der Waals surface area contributed by atoms with Gasteiger partial charge in [-0.3, -0.25) is 9.78 Å². The van der Waals surface area contributed by atoms with Gasteiger partial charge >= 0.3 is 0 Å². The van der Waals surface area contributed by atoms with Crippen molar-refractivity contribution in [2.24, 2.45) is 0 Å². The highest BCUT2D eigenvalue weighted by Gasteiger charge is 2.05. The van der Waals surface area contributed by atoms with Gasteiger partial charge < -0.3 is 0 Å². The molecule has 2 aromatic rings. The molecule has 2 aromatic heterocycles. The molecule has 0 N–H and O–H groups in total. The molecule has 80 valence electrons. The molecule has 6 heteroatoms. The van der Waals surface area contributed by atoms with E-state index >= 15 is 0 Å². The van der Waals surface area contributed by atoms with Gasteiger partial charge in [0.25, 0.3) is 0 Å². The van der Waals surface area contributed by atoms with E-state index in [-0.39, 0.29) is 5.78 Å². The Morgan fingerprint density at radius 1 is 1.12 bits per heavy atom. The van der Waals surface area contributed by atoms with Gasteiger partial charge in [-0.25, -0.2) is 0 Å². The Hall–Kier alpha value is -2.24. The molecule has 2 rings (SSSR count). The zero-order valence-electron chi connectivity index (χ0n) is 8.88. The molecule has 0 saturated heterocycles. The number of hydrogen-bond acceptors (Lipinski definition) is 6. The number of nitrogens with zero attached hydrogens (tertiary/aromatic N) is 5. The highest BCUT2D eigenvalue weighted by Crippen LogP contribution is 2.11. The molecular weight excluding hydrogens is 206 g/mol. The van der Waals surface area contributed by atoms with Crippen LogP contribution in [-0.2, 0) is 0 Å². The minimum atomic E-state index is -0.0763. The summed E-state index contributed by atoms with van der Waals surface area (Å²) in [5.74, 6) is 0.831. The molecule has 6 nitrogen and oxygen atoms in total. The summed E-state index contributed by atoms with van der Waals surface area (Å²) in [7, 11) is 0. The van der Waals surface area contributed by atoms with Crippen LogP contribution in [0.25, 0.3) is 11.4 Å². The van der Waals surface area contributed by atoms with E-state index in [0.29, 0.717) is 22.9 Å². The van der Waals surface area contributed by atoms with Gasteiger partial charge in [0.05, 0.1) is 0 Å². The Morgan fingerprint density at radius 3 is 2.31 bits per heavy atom. The predicted octanol–water partition coefficient (Wildman–Crippen LogP) is 0.840. The molecule has 2 heterocycles. The fourth-order valence-corrected chi connectivity index (χ4v) is 1.13. The number of carbonyl (C=O) groups is 1. The molecule has 0 unspecified atom stereocenters. The van der Waals surface area contributed by atoms with Crippen LogP contribution < -0.4 is 0 Å². The smallest absolute Gasteiger partial charge is 0.205 e. The minimum Gasteiger partial charge on any atom is -0.293 e. The zero-order valence-corrected chi connectivity index (χ0v) is 8.88. The van der Waals surface area contributed by atoms with Crippen molar-refractivity contribution >= 4 is 5.78 Å². The second-order valence-electron chi connectivity index (χ2n) is 3.26. The van der Waals surface area contributed by atoms with Crippen molar-refractivity contribution in [3.8, 4) is 11.4 Å². The van der Waals surface area contributed by atoms with E-state index in [1.165, 1.54) is 13.1 Å². The lowest BCUT2D eigenvalue weighted by Crippen LogP contribution is -2.00. The number of pyridine rings is 1. The third-order valence-electron chi connectivity index (χ3n) is 1.96. The van der Waals surface area contributed by atoms with E-state index in [1.807, 2.05) is 0 Å². The lowest BCUT2D eigenvalue weighted by molar-refractivity contribution is 0.101. The Kier molecular flexibility index (Phi) is 2.63. The fourth-order valence-electron chi connectivity index (χ4n) is 1.13. The van der Waals surface area contributed by atoms with E-state index < -0.39 is 0 Å². The highest BCUT2D eigenvalue weighted by molar-refractivity contribution is 5.92. The summed E-state index contributed by atoms with van der Waals surface area (Å²) >= 11 is 0. The van der Waals surface area contributed by atoms with Gasteiger partial charge in [0.1, 0.15) is 5.69 Å². The first-order valence-electron chi connectivity index (χ1n) is 4.68. The van der Waals surface area contributed by atoms with Gasteiger partial charge in [0.15, 0.2) is 11.6 Å². The number of Topliss-reactive ketones (excluding diaryl/α,β-unsaturated/α-hetero) is 1. The summed E-state index contributed by atoms with van der Waals surface area (Å²) in [6, 6.07) is 3.35. The monoisotopic (exact) mass is 215 g/mol. The molecule has 0 aliphatic heterocycles. The normalized spacial score (nSPS) is 10.1. The lowest BCUT2D eigenvalue weighted by atomic mass is 10.2. The van der Waals surface area contributed by atoms with Crippen LogP contribution >= 0.6 is 0 Å². The van der Waals surface area contributed by atoms with Gasteiger partial charge in [-0.15, -0.1) is 20.4 Å². The van der Waals surface area contributed by atoms with Gasteiger partial charge in [-0.1, -0.05) is 0 Å². The summed E-state index contributed by atoms with van der Waals surface area (Å²) in [5, 5.41) is 15.3. The number of hydrogen-bond donors (Lipinski definition) is 0. The van der Waals surface area contributed by atoms with E-state index in [4.69, 9.17) is 0 Å². The van der Waals surface area contributed by atoms with Crippen LogP contribution in [0, 0.1) is 6.92 Å². The fraction of sp³-hybridized carbons (Fsp3) is 0.200. The van der Waals surface area contributed by atoms with Gasteiger partial charge in [-0.2, -0.15) is 0 Å². The van der Waals surface area contributed by atoms with Crippen LogP contribution in [-0.4, -0.2) is 31.2 Å². The first-order chi connectivity index (χ1) is 7.66. The van der Waals surface area contributed by atoms with E-state index in [2.05, 4.69) is 25.4 Å². The number of rotatable bonds is 2. The maximum atomic E-state index is 11.0. The molecule has 0 saturated carbocycles. The molecular formula is C10H9N5O. The number of carbonyl (C=O) groups excluding carboxylic acids is 1. The summed E-state index contributed by atoms with van der Waals surface area (Å²) < 4.78 is 0. The van der Waals surface area contributed by atoms with Crippen molar-refractivity contribution in [3.05, 3.63) is 29.8 Å². The molecule has 0 bridgehead atoms. The van der Waals surface area contributed by atoms with E-state index in [9.17, 15) is 4.79 Å². The van der Waals surface area contributed by atoms with Crippen LogP contribution in [0.2, 0.25) is 0 Å². The van der Waals surface area contributed by atoms with Crippen LogP contribution in [0.1, 0.15) is 23.2 Å². The van der Waals surface area contributed by atoms with E-state index in [1.54, 1.807) is 19.1 Å². The predicted molar refractivity (Wildman–Crippen MR) is 55.6 cm³/mol. The Labute approximate surface area is 91.8 Å². The Balaban J connectivity index is 2.34. The SMILES string of the molecule is CC(=O)c1ccc(-c2nnc(C)nn2)cn1. The van der Waals surface area contributed by atoms with Crippen molar-refractivity contribution in [1.29, 1.82) is 0 Å². The molecule has 0 aromatic carbocycles. The Bertz CT molecular complexity index is 506. The van der Waals surface area contributed by atoms with Gasteiger partial charge in [0, 0.05) is 18.7 Å². The molecule has 0 aliphatic rings. The second-order valence-corrected chi connectivity index (χ2v) is 3.26. The maximum absolute atomic E-state index is 11.0. The quantitative estimate of drug-likeness (QED) is 0.690. The third kappa shape index (κ3) is 2.05. The molecule has 0 amide bonds. The van der Waals surface area contributed by atoms with E-state index in [0.717, 1.165) is 0 Å². The minimum absolute atomic E-state index is 0.0763. The highest BCUT2D eigenvalue weighted by atomic mass is 16.1. The summed E-state index contributed by atoms with van der Waals surface area (Å²) in [4.78, 5) is 15.0. The first-order valence-corrected chi connectivity index (χ1v) is 4.68. The van der Waals surface area contributed by atoms with Crippen molar-refractivity contribution in [3.63, 3.8) is 0 Å². The zero-order chi connectivity index (χ0) is 11.5. The summed E-state index contributed by atoms with van der Waals surface area (Å²) in [5.41, 5.74) is 1.10. The summed E-state index contributed by atoms with van der Waals surface area (Å²) in [6.07, 6.45) is 1.53.